The third kappa shape index (κ3) is 7.27. The molecule has 0 radical (unpaired) electrons. The zero-order chi connectivity index (χ0) is 23.8. The molecule has 2 aromatic rings. The molecule has 174 valence electrons. The van der Waals surface area contributed by atoms with Gasteiger partial charge >= 0.3 is 18.0 Å². The molecule has 0 aromatic carbocycles. The van der Waals surface area contributed by atoms with Crippen LogP contribution in [0.1, 0.15) is 49.0 Å². The van der Waals surface area contributed by atoms with Crippen LogP contribution < -0.4 is 27.1 Å². The highest BCUT2D eigenvalue weighted by molar-refractivity contribution is 7.14. The average molecular weight is 468 g/mol. The van der Waals surface area contributed by atoms with Crippen LogP contribution in [0.25, 0.3) is 0 Å². The number of nitrogen functional groups attached to an aromatic ring is 2. The number of aromatic amines is 1. The van der Waals surface area contributed by atoms with Gasteiger partial charge in [0, 0.05) is 11.3 Å². The normalized spacial score (nSPS) is 12.7. The number of rotatable bonds is 11. The van der Waals surface area contributed by atoms with E-state index in [0.29, 0.717) is 18.4 Å². The van der Waals surface area contributed by atoms with Crippen molar-refractivity contribution in [2.75, 3.05) is 11.5 Å². The fourth-order valence-corrected chi connectivity index (χ4v) is 3.89. The van der Waals surface area contributed by atoms with Crippen LogP contribution in [0.3, 0.4) is 0 Å². The maximum absolute atomic E-state index is 12.0. The van der Waals surface area contributed by atoms with E-state index >= 15 is 0 Å². The number of thiophene rings is 1. The van der Waals surface area contributed by atoms with Crippen LogP contribution >= 0.6 is 11.3 Å². The molecule has 2 atom stereocenters. The van der Waals surface area contributed by atoms with Crippen molar-refractivity contribution in [3.63, 3.8) is 0 Å². The van der Waals surface area contributed by atoms with Crippen molar-refractivity contribution in [2.24, 2.45) is 0 Å². The number of ether oxygens (including phenoxy) is 1. The predicted octanol–water partition coefficient (Wildman–Crippen LogP) is 1.53. The first kappa shape index (κ1) is 24.7. The summed E-state index contributed by atoms with van der Waals surface area (Å²) >= 11 is 1.23. The van der Waals surface area contributed by atoms with Crippen molar-refractivity contribution in [1.29, 1.82) is 0 Å². The van der Waals surface area contributed by atoms with Gasteiger partial charge in [-0.2, -0.15) is 4.98 Å². The minimum absolute atomic E-state index is 0.0312. The number of carboxylic acid groups (broad SMARTS) is 2. The number of amides is 1. The summed E-state index contributed by atoms with van der Waals surface area (Å²) in [6.07, 6.45) is 0.188. The topological polar surface area (TPSA) is 211 Å². The van der Waals surface area contributed by atoms with Gasteiger partial charge in [0.2, 0.25) is 5.95 Å². The Morgan fingerprint density at radius 2 is 1.97 bits per heavy atom. The molecule has 2 rings (SSSR count). The number of carbonyl (C=O) groups is 3. The molecule has 0 aliphatic rings. The van der Waals surface area contributed by atoms with Gasteiger partial charge in [0.05, 0.1) is 5.56 Å². The van der Waals surface area contributed by atoms with Gasteiger partial charge < -0.3 is 31.7 Å². The molecule has 12 nitrogen and oxygen atoms in total. The fraction of sp³-hybridized carbons (Fsp3) is 0.421. The highest BCUT2D eigenvalue weighted by Gasteiger charge is 2.22. The summed E-state index contributed by atoms with van der Waals surface area (Å²) in [7, 11) is 0. The van der Waals surface area contributed by atoms with Crippen molar-refractivity contribution in [3.8, 4) is 5.06 Å². The molecular formula is C19H25N5O7S. The summed E-state index contributed by atoms with van der Waals surface area (Å²) in [6.45, 7) is 1.98. The van der Waals surface area contributed by atoms with Crippen LogP contribution in [-0.2, 0) is 16.0 Å². The van der Waals surface area contributed by atoms with Crippen molar-refractivity contribution >= 4 is 41.1 Å². The lowest BCUT2D eigenvalue weighted by molar-refractivity contribution is -0.140. The van der Waals surface area contributed by atoms with Gasteiger partial charge in [0.25, 0.3) is 5.56 Å². The molecular weight excluding hydrogens is 442 g/mol. The number of aliphatic carboxylic acids is 2. The first-order valence-corrected chi connectivity index (χ1v) is 10.5. The summed E-state index contributed by atoms with van der Waals surface area (Å²) in [5.74, 6) is -2.33. The average Bonchev–Trinajstić information content (AvgIpc) is 3.15. The predicted molar refractivity (Wildman–Crippen MR) is 117 cm³/mol. The lowest BCUT2D eigenvalue weighted by Crippen LogP contribution is -2.42. The second-order valence-electron chi connectivity index (χ2n) is 7.12. The van der Waals surface area contributed by atoms with E-state index in [1.54, 1.807) is 12.1 Å². The number of carbonyl (C=O) groups excluding carboxylic acids is 1. The number of carboxylic acids is 2. The summed E-state index contributed by atoms with van der Waals surface area (Å²) in [5, 5.41) is 20.2. The van der Waals surface area contributed by atoms with Crippen molar-refractivity contribution < 1.29 is 29.3 Å². The summed E-state index contributed by atoms with van der Waals surface area (Å²) in [4.78, 5) is 52.9. The van der Waals surface area contributed by atoms with Crippen LogP contribution in [0.5, 0.6) is 5.06 Å². The molecule has 2 heterocycles. The van der Waals surface area contributed by atoms with Crippen LogP contribution in [0.2, 0.25) is 0 Å². The molecule has 0 aliphatic carbocycles. The number of hydrogen-bond donors (Lipinski definition) is 6. The van der Waals surface area contributed by atoms with Crippen LogP contribution in [0, 0.1) is 0 Å². The Labute approximate surface area is 186 Å². The Balaban J connectivity index is 1.87. The highest BCUT2D eigenvalue weighted by atomic mass is 32.1. The number of aromatic nitrogens is 2. The zero-order valence-electron chi connectivity index (χ0n) is 17.3. The molecule has 2 aromatic heterocycles. The van der Waals surface area contributed by atoms with Gasteiger partial charge in [0.15, 0.2) is 5.06 Å². The number of nitrogens with one attached hydrogen (secondary N) is 2. The molecule has 0 spiro atoms. The lowest BCUT2D eigenvalue weighted by Gasteiger charge is -2.12. The molecule has 1 amide bonds. The van der Waals surface area contributed by atoms with Gasteiger partial charge in [-0.25, -0.2) is 9.59 Å². The Bertz CT molecular complexity index is 1040. The largest absolute Gasteiger partial charge is 0.481 e. The van der Waals surface area contributed by atoms with Crippen molar-refractivity contribution in [2.45, 2.75) is 51.0 Å². The zero-order valence-corrected chi connectivity index (χ0v) is 18.1. The Morgan fingerprint density at radius 3 is 2.59 bits per heavy atom. The smallest absolute Gasteiger partial charge is 0.414 e. The number of nitrogens with two attached hydrogens (primary N) is 2. The molecule has 0 bridgehead atoms. The summed E-state index contributed by atoms with van der Waals surface area (Å²) in [6, 6.07) is 2.02. The van der Waals surface area contributed by atoms with Crippen molar-refractivity contribution in [3.05, 3.63) is 32.9 Å². The van der Waals surface area contributed by atoms with E-state index < -0.39 is 30.5 Å². The molecule has 1 unspecified atom stereocenters. The minimum atomic E-state index is -1.37. The first-order chi connectivity index (χ1) is 15.1. The van der Waals surface area contributed by atoms with E-state index in [4.69, 9.17) is 26.4 Å². The van der Waals surface area contributed by atoms with E-state index in [1.807, 2.05) is 6.92 Å². The Hall–Kier alpha value is -3.61. The monoisotopic (exact) mass is 467 g/mol. The quantitative estimate of drug-likeness (QED) is 0.280. The maximum atomic E-state index is 12.0. The van der Waals surface area contributed by atoms with Crippen molar-refractivity contribution in [1.82, 2.24) is 15.3 Å². The lowest BCUT2D eigenvalue weighted by atomic mass is 10.0. The molecule has 0 aliphatic heterocycles. The molecule has 8 N–H and O–H groups in total. The van der Waals surface area contributed by atoms with Gasteiger partial charge in [-0.3, -0.25) is 14.6 Å². The SMILES string of the molecule is CC(CCCc1c(N)nc(N)[nH]c1=O)c1ccc(OC(=O)N[C@@H](CCC(=O)O)C(=O)O)s1. The maximum Gasteiger partial charge on any atom is 0.414 e. The number of hydrogen-bond acceptors (Lipinski definition) is 9. The van der Waals surface area contributed by atoms with E-state index in [0.717, 1.165) is 11.3 Å². The fourth-order valence-electron chi connectivity index (χ4n) is 2.94. The van der Waals surface area contributed by atoms with Gasteiger partial charge in [-0.05, 0) is 43.7 Å². The van der Waals surface area contributed by atoms with E-state index in [9.17, 15) is 19.2 Å². The third-order valence-corrected chi connectivity index (χ3v) is 5.84. The summed E-state index contributed by atoms with van der Waals surface area (Å²) in [5.41, 5.74) is 11.2. The van der Waals surface area contributed by atoms with Crippen LogP contribution in [0.15, 0.2) is 16.9 Å². The number of H-pyrrole nitrogens is 1. The van der Waals surface area contributed by atoms with E-state index in [1.165, 1.54) is 11.3 Å². The van der Waals surface area contributed by atoms with Gasteiger partial charge in [-0.15, -0.1) is 11.3 Å². The van der Waals surface area contributed by atoms with Crippen LogP contribution in [0.4, 0.5) is 16.6 Å². The summed E-state index contributed by atoms with van der Waals surface area (Å²) < 4.78 is 5.12. The van der Waals surface area contributed by atoms with E-state index in [2.05, 4.69) is 15.3 Å². The number of anilines is 2. The molecule has 0 fully saturated rings. The molecule has 13 heteroatoms. The second-order valence-corrected chi connectivity index (χ2v) is 8.20. The Morgan fingerprint density at radius 1 is 1.25 bits per heavy atom. The Kier molecular flexibility index (Phi) is 8.58. The number of nitrogens with zero attached hydrogens (tertiary/aromatic N) is 1. The van der Waals surface area contributed by atoms with E-state index in [-0.39, 0.29) is 34.7 Å². The minimum Gasteiger partial charge on any atom is -0.481 e. The standard InChI is InChI=1S/C19H25N5O7S/c1-9(3-2-4-10-15(20)23-18(21)24-16(10)27)12-6-8-14(32-12)31-19(30)22-11(17(28)29)5-7-13(25)26/h6,8-9,11H,2-5,7H2,1H3,(H,22,30)(H,25,26)(H,28,29)(H5,20,21,23,24,27)/t9?,11-/m0/s1. The first-order valence-electron chi connectivity index (χ1n) is 9.73. The highest BCUT2D eigenvalue weighted by Crippen LogP contribution is 2.33. The van der Waals surface area contributed by atoms with Gasteiger partial charge in [-0.1, -0.05) is 6.92 Å². The second kappa shape index (κ2) is 11.1. The third-order valence-electron chi connectivity index (χ3n) is 4.65. The van der Waals surface area contributed by atoms with Gasteiger partial charge in [0.1, 0.15) is 11.9 Å². The molecule has 0 saturated carbocycles. The molecule has 32 heavy (non-hydrogen) atoms. The molecule has 0 saturated heterocycles. The van der Waals surface area contributed by atoms with Crippen LogP contribution in [-0.4, -0.2) is 44.3 Å².